The number of ether oxygens (including phenoxy) is 1. The van der Waals surface area contributed by atoms with E-state index < -0.39 is 6.16 Å². The van der Waals surface area contributed by atoms with Crippen molar-refractivity contribution >= 4 is 6.16 Å². The van der Waals surface area contributed by atoms with E-state index in [1.807, 2.05) is 0 Å². The summed E-state index contributed by atoms with van der Waals surface area (Å²) >= 11 is 0. The van der Waals surface area contributed by atoms with Crippen LogP contribution in [0.5, 0.6) is 0 Å². The molecule has 4 atom stereocenters. The van der Waals surface area contributed by atoms with E-state index in [2.05, 4.69) is 19.9 Å². The largest absolute Gasteiger partial charge is 0.505 e. The minimum absolute atomic E-state index is 0.372. The Morgan fingerprint density at radius 2 is 2.31 bits per heavy atom. The van der Waals surface area contributed by atoms with Crippen LogP contribution in [0.25, 0.3) is 0 Å². The van der Waals surface area contributed by atoms with Gasteiger partial charge >= 0.3 is 6.16 Å². The predicted octanol–water partition coefficient (Wildman–Crippen LogP) is 3.31. The molecule has 90 valence electrons. The molecule has 0 spiro atoms. The highest BCUT2D eigenvalue weighted by molar-refractivity contribution is 5.56. The van der Waals surface area contributed by atoms with E-state index in [0.29, 0.717) is 24.4 Å². The number of hydrogen-bond donors (Lipinski definition) is 1. The Labute approximate surface area is 96.5 Å². The van der Waals surface area contributed by atoms with E-state index in [0.717, 1.165) is 18.8 Å². The molecule has 3 nitrogen and oxygen atoms in total. The maximum Gasteiger partial charge on any atom is 0.505 e. The Balaban J connectivity index is 2.00. The van der Waals surface area contributed by atoms with Crippen LogP contribution in [0.2, 0.25) is 0 Å². The van der Waals surface area contributed by atoms with E-state index in [4.69, 9.17) is 9.84 Å². The third-order valence-corrected chi connectivity index (χ3v) is 4.47. The van der Waals surface area contributed by atoms with Crippen molar-refractivity contribution in [2.75, 3.05) is 6.61 Å². The van der Waals surface area contributed by atoms with Gasteiger partial charge in [0.15, 0.2) is 0 Å². The summed E-state index contributed by atoms with van der Waals surface area (Å²) in [7, 11) is 0. The van der Waals surface area contributed by atoms with E-state index in [1.165, 1.54) is 12.0 Å². The summed E-state index contributed by atoms with van der Waals surface area (Å²) in [4.78, 5) is 10.4. The first-order valence-electron chi connectivity index (χ1n) is 6.10. The lowest BCUT2D eigenvalue weighted by atomic mass is 9.63. The zero-order valence-electron chi connectivity index (χ0n) is 9.98. The van der Waals surface area contributed by atoms with Gasteiger partial charge in [0, 0.05) is 0 Å². The molecule has 0 aromatic carbocycles. The molecule has 3 heteroatoms. The van der Waals surface area contributed by atoms with Gasteiger partial charge in [0.25, 0.3) is 0 Å². The second-order valence-electron chi connectivity index (χ2n) is 5.31. The number of allylic oxidation sites excluding steroid dienone is 2. The lowest BCUT2D eigenvalue weighted by Gasteiger charge is -2.43. The molecular formula is C13H20O3. The molecule has 0 aromatic heterocycles. The summed E-state index contributed by atoms with van der Waals surface area (Å²) in [5.41, 5.74) is 1.49. The van der Waals surface area contributed by atoms with Gasteiger partial charge in [0.05, 0.1) is 6.61 Å². The Hall–Kier alpha value is -0.990. The van der Waals surface area contributed by atoms with Crippen LogP contribution in [0.3, 0.4) is 0 Å². The van der Waals surface area contributed by atoms with Gasteiger partial charge in [0.2, 0.25) is 0 Å². The van der Waals surface area contributed by atoms with Crippen LogP contribution in [0, 0.1) is 23.7 Å². The second kappa shape index (κ2) is 4.48. The molecule has 0 saturated heterocycles. The van der Waals surface area contributed by atoms with Crippen molar-refractivity contribution < 1.29 is 14.6 Å². The highest BCUT2D eigenvalue weighted by Gasteiger charge is 2.37. The summed E-state index contributed by atoms with van der Waals surface area (Å²) < 4.78 is 4.75. The molecule has 1 fully saturated rings. The van der Waals surface area contributed by atoms with Gasteiger partial charge < -0.3 is 9.84 Å². The first kappa shape index (κ1) is 11.5. The molecule has 0 heterocycles. The van der Waals surface area contributed by atoms with Crippen LogP contribution in [0.1, 0.15) is 33.1 Å². The Bertz CT molecular complexity index is 308. The Morgan fingerprint density at radius 3 is 3.00 bits per heavy atom. The van der Waals surface area contributed by atoms with Gasteiger partial charge in [-0.05, 0) is 49.9 Å². The fraction of sp³-hybridized carbons (Fsp3) is 0.769. The summed E-state index contributed by atoms with van der Waals surface area (Å²) in [5, 5.41) is 8.55. The molecule has 16 heavy (non-hydrogen) atoms. The SMILES string of the molecule is CC1=CCC2CC1CC(COC(=O)O)C2C. The van der Waals surface area contributed by atoms with Gasteiger partial charge in [0.1, 0.15) is 0 Å². The van der Waals surface area contributed by atoms with Gasteiger partial charge in [-0.3, -0.25) is 0 Å². The molecule has 2 rings (SSSR count). The molecule has 0 aromatic rings. The van der Waals surface area contributed by atoms with Crippen molar-refractivity contribution in [3.8, 4) is 0 Å². The average Bonchev–Trinajstić information content (AvgIpc) is 2.25. The maximum atomic E-state index is 10.4. The monoisotopic (exact) mass is 224 g/mol. The molecule has 2 bridgehead atoms. The third kappa shape index (κ3) is 2.23. The minimum Gasteiger partial charge on any atom is -0.450 e. The lowest BCUT2D eigenvalue weighted by Crippen LogP contribution is -2.36. The van der Waals surface area contributed by atoms with Gasteiger partial charge in [-0.25, -0.2) is 4.79 Å². The van der Waals surface area contributed by atoms with Crippen LogP contribution >= 0.6 is 0 Å². The van der Waals surface area contributed by atoms with Gasteiger partial charge in [-0.2, -0.15) is 0 Å². The first-order valence-corrected chi connectivity index (χ1v) is 6.10. The summed E-state index contributed by atoms with van der Waals surface area (Å²) in [6, 6.07) is 0. The molecule has 2 aliphatic rings. The predicted molar refractivity (Wildman–Crippen MR) is 61.2 cm³/mol. The van der Waals surface area contributed by atoms with Crippen LogP contribution < -0.4 is 0 Å². The van der Waals surface area contributed by atoms with Crippen LogP contribution in [-0.2, 0) is 4.74 Å². The van der Waals surface area contributed by atoms with Crippen molar-refractivity contribution in [2.24, 2.45) is 23.7 Å². The maximum absolute atomic E-state index is 10.4. The number of fused-ring (bicyclic) bond motifs is 2. The molecule has 0 amide bonds. The molecule has 1 N–H and O–H groups in total. The Kier molecular flexibility index (Phi) is 3.22. The number of carbonyl (C=O) groups is 1. The summed E-state index contributed by atoms with van der Waals surface area (Å²) in [6.45, 7) is 4.81. The molecule has 4 unspecified atom stereocenters. The fourth-order valence-electron chi connectivity index (χ4n) is 3.23. The number of hydrogen-bond acceptors (Lipinski definition) is 2. The van der Waals surface area contributed by atoms with Crippen LogP contribution in [0.15, 0.2) is 11.6 Å². The average molecular weight is 224 g/mol. The molecule has 1 saturated carbocycles. The minimum atomic E-state index is -1.14. The second-order valence-corrected chi connectivity index (χ2v) is 5.31. The zero-order chi connectivity index (χ0) is 11.7. The number of carboxylic acid groups (broad SMARTS) is 1. The third-order valence-electron chi connectivity index (χ3n) is 4.47. The first-order chi connectivity index (χ1) is 7.58. The van der Waals surface area contributed by atoms with Gasteiger partial charge in [-0.15, -0.1) is 0 Å². The Morgan fingerprint density at radius 1 is 1.56 bits per heavy atom. The normalized spacial score (nSPS) is 37.8. The topological polar surface area (TPSA) is 46.5 Å². The van der Waals surface area contributed by atoms with E-state index in [9.17, 15) is 4.79 Å². The highest BCUT2D eigenvalue weighted by atomic mass is 16.7. The summed E-state index contributed by atoms with van der Waals surface area (Å²) in [6.07, 6.45) is 4.76. The van der Waals surface area contributed by atoms with Crippen molar-refractivity contribution in [3.05, 3.63) is 11.6 Å². The van der Waals surface area contributed by atoms with E-state index in [-0.39, 0.29) is 0 Å². The van der Waals surface area contributed by atoms with Crippen LogP contribution in [0.4, 0.5) is 4.79 Å². The lowest BCUT2D eigenvalue weighted by molar-refractivity contribution is 0.0328. The smallest absolute Gasteiger partial charge is 0.450 e. The number of rotatable bonds is 2. The van der Waals surface area contributed by atoms with Crippen molar-refractivity contribution in [1.82, 2.24) is 0 Å². The molecule has 2 aliphatic carbocycles. The molecule has 0 aliphatic heterocycles. The van der Waals surface area contributed by atoms with Crippen LogP contribution in [-0.4, -0.2) is 17.9 Å². The van der Waals surface area contributed by atoms with Crippen molar-refractivity contribution in [3.63, 3.8) is 0 Å². The molecule has 0 radical (unpaired) electrons. The quantitative estimate of drug-likeness (QED) is 0.578. The van der Waals surface area contributed by atoms with E-state index >= 15 is 0 Å². The fourth-order valence-corrected chi connectivity index (χ4v) is 3.23. The zero-order valence-corrected chi connectivity index (χ0v) is 9.98. The summed E-state index contributed by atoms with van der Waals surface area (Å²) in [5.74, 6) is 2.38. The van der Waals surface area contributed by atoms with Crippen molar-refractivity contribution in [2.45, 2.75) is 33.1 Å². The van der Waals surface area contributed by atoms with Crippen molar-refractivity contribution in [1.29, 1.82) is 0 Å². The van der Waals surface area contributed by atoms with E-state index in [1.54, 1.807) is 0 Å². The standard InChI is InChI=1S/C13H20O3/c1-8-3-4-10-5-11(8)6-12(9(10)2)7-16-13(14)15/h3,9-12H,4-7H2,1-2H3,(H,14,15). The van der Waals surface area contributed by atoms with Gasteiger partial charge in [-0.1, -0.05) is 18.6 Å². The highest BCUT2D eigenvalue weighted by Crippen LogP contribution is 2.45. The molecular weight excluding hydrogens is 204 g/mol.